The van der Waals surface area contributed by atoms with Crippen molar-refractivity contribution < 1.29 is 19.1 Å². The average molecular weight is 685 g/mol. The lowest BCUT2D eigenvalue weighted by Crippen LogP contribution is -2.30. The number of aromatic nitrogens is 1. The van der Waals surface area contributed by atoms with Gasteiger partial charge >= 0.3 is 0 Å². The molecule has 1 aromatic heterocycles. The molecular formula is C39H32N4O4S2. The van der Waals surface area contributed by atoms with Crippen LogP contribution in [0.4, 0.5) is 10.8 Å². The molecule has 8 nitrogen and oxygen atoms in total. The first-order valence-electron chi connectivity index (χ1n) is 15.6. The van der Waals surface area contributed by atoms with Crippen LogP contribution in [0.5, 0.6) is 5.75 Å². The molecule has 6 aromatic rings. The van der Waals surface area contributed by atoms with Gasteiger partial charge in [-0.2, -0.15) is 0 Å². The topological polar surface area (TPSA) is 109 Å². The minimum atomic E-state index is -0.550. The van der Waals surface area contributed by atoms with Gasteiger partial charge in [-0.3, -0.25) is 14.4 Å². The second-order valence-corrected chi connectivity index (χ2v) is 13.0. The molecule has 10 heteroatoms. The largest absolute Gasteiger partial charge is 0.494 e. The quantitative estimate of drug-likeness (QED) is 0.0880. The molecule has 49 heavy (non-hydrogen) atoms. The summed E-state index contributed by atoms with van der Waals surface area (Å²) in [6.07, 6.45) is 1.62. The molecule has 0 spiro atoms. The Bertz CT molecular complexity index is 2050. The number of thioether (sulfide) groups is 1. The van der Waals surface area contributed by atoms with Gasteiger partial charge in [-0.05, 0) is 84.8 Å². The van der Waals surface area contributed by atoms with Crippen LogP contribution >= 0.6 is 23.1 Å². The minimum Gasteiger partial charge on any atom is -0.494 e. The summed E-state index contributed by atoms with van der Waals surface area (Å²) in [7, 11) is 0. The van der Waals surface area contributed by atoms with E-state index in [1.54, 1.807) is 42.5 Å². The third kappa shape index (κ3) is 8.81. The molecule has 0 radical (unpaired) electrons. The zero-order valence-corrected chi connectivity index (χ0v) is 28.1. The van der Waals surface area contributed by atoms with Crippen LogP contribution in [0.1, 0.15) is 33.7 Å². The summed E-state index contributed by atoms with van der Waals surface area (Å²) in [6.45, 7) is 2.45. The molecule has 0 aliphatic carbocycles. The predicted octanol–water partition coefficient (Wildman–Crippen LogP) is 8.58. The van der Waals surface area contributed by atoms with Crippen molar-refractivity contribution in [3.05, 3.63) is 156 Å². The Morgan fingerprint density at radius 3 is 2.16 bits per heavy atom. The first kappa shape index (κ1) is 33.2. The van der Waals surface area contributed by atoms with Crippen LogP contribution in [-0.4, -0.2) is 29.3 Å². The maximum absolute atomic E-state index is 13.6. The summed E-state index contributed by atoms with van der Waals surface area (Å²) in [5.41, 5.74) is 3.42. The SMILES string of the molecule is CCOc1ccc(/C=C(\NC(=O)c2ccccc2)C(=O)Nc2ccc(SC(C(=O)Nc3nc4ccccc4s3)c3ccccc3)cc2)cc1. The van der Waals surface area contributed by atoms with Crippen LogP contribution in [0, 0.1) is 0 Å². The highest BCUT2D eigenvalue weighted by molar-refractivity contribution is 8.00. The van der Waals surface area contributed by atoms with E-state index in [1.165, 1.54) is 23.1 Å². The molecule has 0 saturated carbocycles. The van der Waals surface area contributed by atoms with Crippen LogP contribution in [0.25, 0.3) is 16.3 Å². The highest BCUT2D eigenvalue weighted by Crippen LogP contribution is 2.37. The third-order valence-corrected chi connectivity index (χ3v) is 9.48. The van der Waals surface area contributed by atoms with E-state index < -0.39 is 17.1 Å². The van der Waals surface area contributed by atoms with E-state index in [1.807, 2.05) is 104 Å². The molecule has 3 amide bonds. The van der Waals surface area contributed by atoms with E-state index in [0.29, 0.717) is 34.3 Å². The van der Waals surface area contributed by atoms with Gasteiger partial charge in [-0.15, -0.1) is 11.8 Å². The first-order chi connectivity index (χ1) is 23.9. The van der Waals surface area contributed by atoms with Gasteiger partial charge in [0.2, 0.25) is 5.91 Å². The molecule has 1 atom stereocenters. The zero-order valence-electron chi connectivity index (χ0n) is 26.5. The lowest BCUT2D eigenvalue weighted by Gasteiger charge is -2.17. The molecule has 5 aromatic carbocycles. The van der Waals surface area contributed by atoms with Crippen molar-refractivity contribution in [1.82, 2.24) is 10.3 Å². The Morgan fingerprint density at radius 2 is 1.47 bits per heavy atom. The normalized spacial score (nSPS) is 11.8. The minimum absolute atomic E-state index is 0.0760. The van der Waals surface area contributed by atoms with Gasteiger partial charge in [0.15, 0.2) is 5.13 Å². The smallest absolute Gasteiger partial charge is 0.272 e. The van der Waals surface area contributed by atoms with Crippen LogP contribution in [-0.2, 0) is 9.59 Å². The van der Waals surface area contributed by atoms with Gasteiger partial charge in [0.05, 0.1) is 16.8 Å². The van der Waals surface area contributed by atoms with Crippen molar-refractivity contribution in [1.29, 1.82) is 0 Å². The van der Waals surface area contributed by atoms with Crippen LogP contribution in [0.15, 0.2) is 144 Å². The van der Waals surface area contributed by atoms with Crippen molar-refractivity contribution in [3.63, 3.8) is 0 Å². The maximum Gasteiger partial charge on any atom is 0.272 e. The first-order valence-corrected chi connectivity index (χ1v) is 17.2. The monoisotopic (exact) mass is 684 g/mol. The number of ether oxygens (including phenoxy) is 1. The summed E-state index contributed by atoms with van der Waals surface area (Å²) in [6, 6.07) is 40.5. The van der Waals surface area contributed by atoms with Gasteiger partial charge in [0, 0.05) is 16.1 Å². The fourth-order valence-corrected chi connectivity index (χ4v) is 6.78. The summed E-state index contributed by atoms with van der Waals surface area (Å²) >= 11 is 2.83. The Balaban J connectivity index is 1.18. The molecule has 0 saturated heterocycles. The molecular weight excluding hydrogens is 653 g/mol. The summed E-state index contributed by atoms with van der Waals surface area (Å²) in [4.78, 5) is 45.6. The van der Waals surface area contributed by atoms with Gasteiger partial charge in [0.25, 0.3) is 11.8 Å². The Morgan fingerprint density at radius 1 is 0.796 bits per heavy atom. The zero-order chi connectivity index (χ0) is 34.0. The number of rotatable bonds is 12. The number of anilines is 2. The number of hydrogen-bond donors (Lipinski definition) is 3. The van der Waals surface area contributed by atoms with E-state index in [0.717, 1.165) is 20.7 Å². The second-order valence-electron chi connectivity index (χ2n) is 10.7. The number of nitrogens with one attached hydrogen (secondary N) is 3. The number of carbonyl (C=O) groups excluding carboxylic acids is 3. The van der Waals surface area contributed by atoms with Crippen molar-refractivity contribution in [3.8, 4) is 5.75 Å². The van der Waals surface area contributed by atoms with E-state index >= 15 is 0 Å². The van der Waals surface area contributed by atoms with E-state index in [-0.39, 0.29) is 11.6 Å². The van der Waals surface area contributed by atoms with E-state index in [9.17, 15) is 14.4 Å². The number of fused-ring (bicyclic) bond motifs is 1. The lowest BCUT2D eigenvalue weighted by molar-refractivity contribution is -0.116. The van der Waals surface area contributed by atoms with Gasteiger partial charge < -0.3 is 20.7 Å². The third-order valence-electron chi connectivity index (χ3n) is 7.26. The van der Waals surface area contributed by atoms with E-state index in [2.05, 4.69) is 20.9 Å². The molecule has 0 aliphatic heterocycles. The van der Waals surface area contributed by atoms with Gasteiger partial charge in [-0.25, -0.2) is 4.98 Å². The van der Waals surface area contributed by atoms with Gasteiger partial charge in [-0.1, -0.05) is 84.1 Å². The molecule has 3 N–H and O–H groups in total. The summed E-state index contributed by atoms with van der Waals surface area (Å²) in [5, 5.41) is 8.64. The van der Waals surface area contributed by atoms with Gasteiger partial charge in [0.1, 0.15) is 16.7 Å². The van der Waals surface area contributed by atoms with Crippen molar-refractivity contribution in [2.24, 2.45) is 0 Å². The maximum atomic E-state index is 13.6. The standard InChI is InChI=1S/C39H32N4O4S2/c1-2-47-30-21-17-26(18-22-30)25-33(41-36(44)28-13-7-4-8-14-28)37(45)40-29-19-23-31(24-20-29)48-35(27-11-5-3-6-12-27)38(46)43-39-42-32-15-9-10-16-34(32)49-39/h3-25,35H,2H2,1H3,(H,40,45)(H,41,44)(H,42,43,46)/b33-25-. The molecule has 1 unspecified atom stereocenters. The Labute approximate surface area is 292 Å². The number of benzene rings is 5. The molecule has 0 fully saturated rings. The van der Waals surface area contributed by atoms with Crippen LogP contribution in [0.3, 0.4) is 0 Å². The van der Waals surface area contributed by atoms with E-state index in [4.69, 9.17) is 4.74 Å². The molecule has 0 aliphatic rings. The van der Waals surface area contributed by atoms with Crippen LogP contribution in [0.2, 0.25) is 0 Å². The number of nitrogens with zero attached hydrogens (tertiary/aromatic N) is 1. The number of para-hydroxylation sites is 1. The fourth-order valence-electron chi connectivity index (χ4n) is 4.88. The fraction of sp³-hybridized carbons (Fsp3) is 0.0769. The predicted molar refractivity (Wildman–Crippen MR) is 198 cm³/mol. The lowest BCUT2D eigenvalue weighted by atomic mass is 10.1. The second kappa shape index (κ2) is 15.9. The molecule has 6 rings (SSSR count). The Hall–Kier alpha value is -5.71. The Kier molecular flexibility index (Phi) is 10.8. The summed E-state index contributed by atoms with van der Waals surface area (Å²) in [5.74, 6) is -0.377. The number of carbonyl (C=O) groups is 3. The van der Waals surface area contributed by atoms with Crippen LogP contribution < -0.4 is 20.7 Å². The van der Waals surface area contributed by atoms with Crippen molar-refractivity contribution in [2.75, 3.05) is 17.2 Å². The number of thiazole rings is 1. The molecule has 1 heterocycles. The number of hydrogen-bond acceptors (Lipinski definition) is 7. The average Bonchev–Trinajstić information content (AvgIpc) is 3.55. The summed E-state index contributed by atoms with van der Waals surface area (Å²) < 4.78 is 6.53. The van der Waals surface area contributed by atoms with Crippen molar-refractivity contribution in [2.45, 2.75) is 17.1 Å². The highest BCUT2D eigenvalue weighted by Gasteiger charge is 2.23. The van der Waals surface area contributed by atoms with Crippen molar-refractivity contribution >= 4 is 67.9 Å². The molecule has 244 valence electrons. The molecule has 0 bridgehead atoms. The highest BCUT2D eigenvalue weighted by atomic mass is 32.2. The number of amides is 3.